The summed E-state index contributed by atoms with van der Waals surface area (Å²) in [6.45, 7) is 0. The van der Waals surface area contributed by atoms with Gasteiger partial charge in [0.25, 0.3) is 5.91 Å². The second kappa shape index (κ2) is 5.13. The molecule has 5 atom stereocenters. The molecule has 21 heavy (non-hydrogen) atoms. The number of nitrogens with one attached hydrogen (secondary N) is 1. The third-order valence-corrected chi connectivity index (χ3v) is 6.29. The van der Waals surface area contributed by atoms with Crippen LogP contribution in [0.25, 0.3) is 0 Å². The minimum absolute atomic E-state index is 0.186. The summed E-state index contributed by atoms with van der Waals surface area (Å²) >= 11 is 11.9. The van der Waals surface area contributed by atoms with Gasteiger partial charge in [0.05, 0.1) is 5.02 Å². The van der Waals surface area contributed by atoms with Crippen molar-refractivity contribution in [1.82, 2.24) is 10.3 Å². The molecule has 1 amide bonds. The highest BCUT2D eigenvalue weighted by molar-refractivity contribution is 6.34. The van der Waals surface area contributed by atoms with E-state index in [9.17, 15) is 4.79 Å². The van der Waals surface area contributed by atoms with Gasteiger partial charge in [-0.25, -0.2) is 4.98 Å². The quantitative estimate of drug-likeness (QED) is 0.837. The summed E-state index contributed by atoms with van der Waals surface area (Å²) in [4.78, 5) is 16.5. The van der Waals surface area contributed by atoms with Gasteiger partial charge in [-0.2, -0.15) is 0 Å². The number of rotatable bonds is 2. The fourth-order valence-electron chi connectivity index (χ4n) is 5.05. The highest BCUT2D eigenvalue weighted by Crippen LogP contribution is 2.58. The number of carbonyl (C=O) groups excluding carboxylic acids is 1. The second-order valence-electron chi connectivity index (χ2n) is 6.70. The molecule has 1 N–H and O–H groups in total. The highest BCUT2D eigenvalue weighted by atomic mass is 35.5. The second-order valence-corrected chi connectivity index (χ2v) is 7.49. The molecule has 4 rings (SSSR count). The minimum atomic E-state index is -0.186. The lowest BCUT2D eigenvalue weighted by atomic mass is 9.79. The van der Waals surface area contributed by atoms with Crippen molar-refractivity contribution in [2.24, 2.45) is 23.7 Å². The molecular weight excluding hydrogens is 307 g/mol. The van der Waals surface area contributed by atoms with Crippen LogP contribution in [-0.4, -0.2) is 16.9 Å². The normalized spacial score (nSPS) is 36.8. The van der Waals surface area contributed by atoms with Crippen molar-refractivity contribution in [3.63, 3.8) is 0 Å². The predicted octanol–water partition coefficient (Wildman–Crippen LogP) is 3.94. The Kier molecular flexibility index (Phi) is 3.38. The Morgan fingerprint density at radius 2 is 1.95 bits per heavy atom. The van der Waals surface area contributed by atoms with E-state index >= 15 is 0 Å². The van der Waals surface area contributed by atoms with Crippen molar-refractivity contribution < 1.29 is 4.79 Å². The third kappa shape index (κ3) is 2.25. The van der Waals surface area contributed by atoms with E-state index < -0.39 is 0 Å². The van der Waals surface area contributed by atoms with Crippen LogP contribution in [0.3, 0.4) is 0 Å². The first kappa shape index (κ1) is 13.8. The van der Waals surface area contributed by atoms with Crippen molar-refractivity contribution in [3.05, 3.63) is 28.0 Å². The first-order valence-corrected chi connectivity index (χ1v) is 8.52. The molecule has 0 spiro atoms. The maximum Gasteiger partial charge on any atom is 0.271 e. The van der Waals surface area contributed by atoms with Gasteiger partial charge in [-0.3, -0.25) is 4.79 Å². The van der Waals surface area contributed by atoms with Gasteiger partial charge in [0.15, 0.2) is 0 Å². The molecule has 2 bridgehead atoms. The molecule has 0 aliphatic heterocycles. The smallest absolute Gasteiger partial charge is 0.271 e. The van der Waals surface area contributed by atoms with Gasteiger partial charge in [-0.1, -0.05) is 29.6 Å². The summed E-state index contributed by atoms with van der Waals surface area (Å²) in [6, 6.07) is 3.51. The molecule has 0 radical (unpaired) electrons. The molecule has 3 fully saturated rings. The molecule has 3 aliphatic carbocycles. The zero-order valence-electron chi connectivity index (χ0n) is 11.7. The topological polar surface area (TPSA) is 42.0 Å². The Bertz CT molecular complexity index is 592. The van der Waals surface area contributed by atoms with Gasteiger partial charge in [0.1, 0.15) is 10.8 Å². The average Bonchev–Trinajstić information content (AvgIpc) is 3.13. The Labute approximate surface area is 134 Å². The van der Waals surface area contributed by atoms with Crippen LogP contribution < -0.4 is 5.32 Å². The first-order chi connectivity index (χ1) is 10.1. The summed E-state index contributed by atoms with van der Waals surface area (Å²) in [5.41, 5.74) is 0.245. The number of carbonyl (C=O) groups is 1. The van der Waals surface area contributed by atoms with E-state index in [2.05, 4.69) is 10.3 Å². The fraction of sp³-hybridized carbons (Fsp3) is 0.625. The maximum atomic E-state index is 12.4. The molecule has 112 valence electrons. The summed E-state index contributed by atoms with van der Waals surface area (Å²) in [7, 11) is 0. The summed E-state index contributed by atoms with van der Waals surface area (Å²) in [6.07, 6.45) is 6.51. The van der Waals surface area contributed by atoms with Gasteiger partial charge in [-0.05, 0) is 61.5 Å². The van der Waals surface area contributed by atoms with E-state index in [1.165, 1.54) is 25.7 Å². The molecule has 5 heteroatoms. The highest BCUT2D eigenvalue weighted by Gasteiger charge is 2.54. The van der Waals surface area contributed by atoms with Gasteiger partial charge in [0, 0.05) is 6.04 Å². The Morgan fingerprint density at radius 3 is 2.81 bits per heavy atom. The molecule has 0 aromatic carbocycles. The number of hydrogen-bond acceptors (Lipinski definition) is 2. The number of aromatic nitrogens is 1. The van der Waals surface area contributed by atoms with E-state index in [0.29, 0.717) is 22.1 Å². The van der Waals surface area contributed by atoms with Crippen LogP contribution in [0.15, 0.2) is 12.1 Å². The summed E-state index contributed by atoms with van der Waals surface area (Å²) in [5, 5.41) is 3.82. The van der Waals surface area contributed by atoms with Crippen LogP contribution >= 0.6 is 23.2 Å². The van der Waals surface area contributed by atoms with Gasteiger partial charge < -0.3 is 5.32 Å². The third-order valence-electron chi connectivity index (χ3n) is 5.77. The van der Waals surface area contributed by atoms with Crippen LogP contribution in [-0.2, 0) is 0 Å². The van der Waals surface area contributed by atoms with Crippen LogP contribution in [0, 0.1) is 23.7 Å². The number of fused-ring (bicyclic) bond motifs is 5. The van der Waals surface area contributed by atoms with E-state index in [0.717, 1.165) is 24.2 Å². The Hall–Kier alpha value is -0.800. The molecule has 3 nitrogen and oxygen atoms in total. The van der Waals surface area contributed by atoms with E-state index in [-0.39, 0.29) is 11.6 Å². The molecule has 1 heterocycles. The number of hydrogen-bond donors (Lipinski definition) is 1. The number of pyridine rings is 1. The van der Waals surface area contributed by atoms with Gasteiger partial charge in [-0.15, -0.1) is 0 Å². The van der Waals surface area contributed by atoms with Crippen LogP contribution in [0.1, 0.15) is 42.6 Å². The molecule has 3 saturated carbocycles. The zero-order chi connectivity index (χ0) is 14.6. The Morgan fingerprint density at radius 1 is 1.14 bits per heavy atom. The largest absolute Gasteiger partial charge is 0.348 e. The van der Waals surface area contributed by atoms with Gasteiger partial charge in [0.2, 0.25) is 0 Å². The molecule has 1 aromatic heterocycles. The first-order valence-electron chi connectivity index (χ1n) is 7.76. The van der Waals surface area contributed by atoms with E-state index in [1.54, 1.807) is 12.1 Å². The van der Waals surface area contributed by atoms with Crippen molar-refractivity contribution in [3.8, 4) is 0 Å². The molecule has 1 aromatic rings. The zero-order valence-corrected chi connectivity index (χ0v) is 13.2. The number of halogens is 2. The lowest BCUT2D eigenvalue weighted by molar-refractivity contribution is 0.0896. The van der Waals surface area contributed by atoms with Crippen LogP contribution in [0.5, 0.6) is 0 Å². The Balaban J connectivity index is 1.50. The monoisotopic (exact) mass is 324 g/mol. The van der Waals surface area contributed by atoms with Crippen molar-refractivity contribution in [2.45, 2.75) is 38.1 Å². The number of amides is 1. The number of nitrogens with zero attached hydrogens (tertiary/aromatic N) is 1. The van der Waals surface area contributed by atoms with Crippen molar-refractivity contribution in [2.75, 3.05) is 0 Å². The molecule has 0 saturated heterocycles. The standard InChI is InChI=1S/C16H18Cl2N2O/c17-12-4-5-14(18)20-15(12)16(21)19-13-7-8-6-11(13)10-3-1-2-9(8)10/h4-5,8-11,13H,1-3,6-7H2,(H,19,21)/t8-,9+,10-,11+,13-/m1/s1. The maximum absolute atomic E-state index is 12.4. The van der Waals surface area contributed by atoms with E-state index in [4.69, 9.17) is 23.2 Å². The molecule has 0 unspecified atom stereocenters. The SMILES string of the molecule is O=C(N[C@@H]1C[C@H]2C[C@H]1[C@@H]1CCC[C@@H]21)c1nc(Cl)ccc1Cl. The lowest BCUT2D eigenvalue weighted by Crippen LogP contribution is -2.42. The lowest BCUT2D eigenvalue weighted by Gasteiger charge is -2.32. The average molecular weight is 325 g/mol. The van der Waals surface area contributed by atoms with Crippen molar-refractivity contribution in [1.29, 1.82) is 0 Å². The van der Waals surface area contributed by atoms with Gasteiger partial charge >= 0.3 is 0 Å². The fourth-order valence-corrected chi connectivity index (χ4v) is 5.39. The van der Waals surface area contributed by atoms with Crippen molar-refractivity contribution >= 4 is 29.1 Å². The predicted molar refractivity (Wildman–Crippen MR) is 82.6 cm³/mol. The molecule has 3 aliphatic rings. The molecular formula is C16H18Cl2N2O. The van der Waals surface area contributed by atoms with E-state index in [1.807, 2.05) is 0 Å². The van der Waals surface area contributed by atoms with Crippen LogP contribution in [0.4, 0.5) is 0 Å². The minimum Gasteiger partial charge on any atom is -0.348 e. The summed E-state index contributed by atoms with van der Waals surface area (Å²) < 4.78 is 0. The van der Waals surface area contributed by atoms with Crippen LogP contribution in [0.2, 0.25) is 10.2 Å². The summed E-state index contributed by atoms with van der Waals surface area (Å²) in [5.74, 6) is 3.04.